The Hall–Kier alpha value is -1.59. The van der Waals surface area contributed by atoms with Gasteiger partial charge in [0.05, 0.1) is 0 Å². The van der Waals surface area contributed by atoms with E-state index in [-0.39, 0.29) is 24.2 Å². The molecule has 0 heterocycles. The average Bonchev–Trinajstić information content (AvgIpc) is 2.90. The van der Waals surface area contributed by atoms with Gasteiger partial charge in [0.1, 0.15) is 6.04 Å². The first-order chi connectivity index (χ1) is 9.41. The zero-order valence-corrected chi connectivity index (χ0v) is 12.2. The van der Waals surface area contributed by atoms with Gasteiger partial charge >= 0.3 is 5.97 Å². The number of likely N-dealkylation sites (N-methyl/N-ethyl adjacent to an activating group) is 1. The Balaban J connectivity index is 2.33. The Morgan fingerprint density at radius 2 is 1.90 bits per heavy atom. The lowest BCUT2D eigenvalue weighted by Crippen LogP contribution is -2.47. The van der Waals surface area contributed by atoms with Gasteiger partial charge < -0.3 is 15.3 Å². The zero-order valence-electron chi connectivity index (χ0n) is 12.2. The number of nitrogens with zero attached hydrogens (tertiary/aromatic N) is 1. The van der Waals surface area contributed by atoms with E-state index >= 15 is 0 Å². The van der Waals surface area contributed by atoms with Crippen LogP contribution < -0.4 is 5.32 Å². The van der Waals surface area contributed by atoms with E-state index in [1.165, 1.54) is 4.90 Å². The number of carboxylic acid groups (broad SMARTS) is 1. The molecule has 0 aromatic rings. The largest absolute Gasteiger partial charge is 0.481 e. The number of hydrogen-bond donors (Lipinski definition) is 2. The topological polar surface area (TPSA) is 86.7 Å². The Morgan fingerprint density at radius 1 is 1.30 bits per heavy atom. The van der Waals surface area contributed by atoms with Crippen molar-refractivity contribution in [3.8, 4) is 0 Å². The highest BCUT2D eigenvalue weighted by Gasteiger charge is 2.26. The molecule has 0 bridgehead atoms. The molecule has 1 unspecified atom stereocenters. The van der Waals surface area contributed by atoms with Crippen molar-refractivity contribution in [1.82, 2.24) is 10.2 Å². The number of rotatable bonds is 7. The minimum atomic E-state index is -0.867. The smallest absolute Gasteiger partial charge is 0.303 e. The summed E-state index contributed by atoms with van der Waals surface area (Å²) in [5.41, 5.74) is 0. The lowest BCUT2D eigenvalue weighted by Gasteiger charge is -2.23. The average molecular weight is 284 g/mol. The van der Waals surface area contributed by atoms with Crippen molar-refractivity contribution >= 4 is 17.8 Å². The molecule has 2 N–H and O–H groups in total. The third-order valence-corrected chi connectivity index (χ3v) is 3.72. The fourth-order valence-electron chi connectivity index (χ4n) is 2.49. The molecule has 0 aliphatic heterocycles. The molecule has 0 radical (unpaired) electrons. The maximum atomic E-state index is 12.0. The lowest BCUT2D eigenvalue weighted by molar-refractivity contribution is -0.138. The van der Waals surface area contributed by atoms with Crippen LogP contribution in [0.5, 0.6) is 0 Å². The summed E-state index contributed by atoms with van der Waals surface area (Å²) in [5, 5.41) is 11.3. The van der Waals surface area contributed by atoms with Gasteiger partial charge in [-0.2, -0.15) is 0 Å². The first-order valence-electron chi connectivity index (χ1n) is 7.19. The Kier molecular flexibility index (Phi) is 6.48. The van der Waals surface area contributed by atoms with E-state index in [0.717, 1.165) is 25.7 Å². The van der Waals surface area contributed by atoms with Crippen LogP contribution in [-0.2, 0) is 14.4 Å². The van der Waals surface area contributed by atoms with Crippen LogP contribution in [-0.4, -0.2) is 47.4 Å². The second-order valence-corrected chi connectivity index (χ2v) is 5.47. The molecule has 20 heavy (non-hydrogen) atoms. The SMILES string of the molecule is CC(NC(=O)C1CCCC1)C(=O)N(C)CCCC(=O)O. The number of nitrogens with one attached hydrogen (secondary N) is 1. The molecule has 1 fully saturated rings. The van der Waals surface area contributed by atoms with Crippen molar-refractivity contribution in [2.24, 2.45) is 5.92 Å². The summed E-state index contributed by atoms with van der Waals surface area (Å²) in [6.45, 7) is 2.05. The van der Waals surface area contributed by atoms with Crippen LogP contribution in [0.2, 0.25) is 0 Å². The van der Waals surface area contributed by atoms with E-state index in [9.17, 15) is 14.4 Å². The predicted molar refractivity (Wildman–Crippen MR) is 74.1 cm³/mol. The minimum absolute atomic E-state index is 0.0396. The summed E-state index contributed by atoms with van der Waals surface area (Å²) in [6.07, 6.45) is 4.43. The molecule has 6 heteroatoms. The van der Waals surface area contributed by atoms with E-state index in [1.807, 2.05) is 0 Å². The fourth-order valence-corrected chi connectivity index (χ4v) is 2.49. The summed E-state index contributed by atoms with van der Waals surface area (Å²) in [7, 11) is 1.63. The molecule has 6 nitrogen and oxygen atoms in total. The van der Waals surface area contributed by atoms with Crippen LogP contribution in [0.3, 0.4) is 0 Å². The molecule has 1 atom stereocenters. The minimum Gasteiger partial charge on any atom is -0.481 e. The first-order valence-corrected chi connectivity index (χ1v) is 7.19. The van der Waals surface area contributed by atoms with Crippen molar-refractivity contribution in [2.75, 3.05) is 13.6 Å². The van der Waals surface area contributed by atoms with Crippen molar-refractivity contribution in [3.05, 3.63) is 0 Å². The van der Waals surface area contributed by atoms with E-state index in [0.29, 0.717) is 13.0 Å². The van der Waals surface area contributed by atoms with Crippen LogP contribution in [0.15, 0.2) is 0 Å². The number of aliphatic carboxylic acids is 1. The molecule has 0 saturated heterocycles. The number of amides is 2. The van der Waals surface area contributed by atoms with Crippen LogP contribution in [0.1, 0.15) is 45.4 Å². The van der Waals surface area contributed by atoms with Gasteiger partial charge in [-0.15, -0.1) is 0 Å². The van der Waals surface area contributed by atoms with Crippen LogP contribution in [0, 0.1) is 5.92 Å². The molecule has 2 amide bonds. The normalized spacial score (nSPS) is 16.7. The predicted octanol–water partition coefficient (Wildman–Crippen LogP) is 1.00. The van der Waals surface area contributed by atoms with Crippen molar-refractivity contribution in [1.29, 1.82) is 0 Å². The van der Waals surface area contributed by atoms with Gasteiger partial charge in [-0.1, -0.05) is 12.8 Å². The molecule has 0 aromatic heterocycles. The molecular formula is C14H24N2O4. The molecule has 1 saturated carbocycles. The van der Waals surface area contributed by atoms with Gasteiger partial charge in [-0.25, -0.2) is 0 Å². The number of carbonyl (C=O) groups excluding carboxylic acids is 2. The highest BCUT2D eigenvalue weighted by Crippen LogP contribution is 2.24. The van der Waals surface area contributed by atoms with Gasteiger partial charge in [0, 0.05) is 25.9 Å². The Bertz CT molecular complexity index is 364. The van der Waals surface area contributed by atoms with Crippen molar-refractivity contribution in [2.45, 2.75) is 51.5 Å². The molecule has 1 rings (SSSR count). The Morgan fingerprint density at radius 3 is 2.45 bits per heavy atom. The third-order valence-electron chi connectivity index (χ3n) is 3.72. The standard InChI is InChI=1S/C14H24N2O4/c1-10(15-13(19)11-6-3-4-7-11)14(20)16(2)9-5-8-12(17)18/h10-11H,3-9H2,1-2H3,(H,15,19)(H,17,18). The van der Waals surface area contributed by atoms with E-state index in [2.05, 4.69) is 5.32 Å². The highest BCUT2D eigenvalue weighted by molar-refractivity contribution is 5.88. The van der Waals surface area contributed by atoms with Gasteiger partial charge in [0.2, 0.25) is 11.8 Å². The summed E-state index contributed by atoms with van der Waals surface area (Å²) < 4.78 is 0. The summed E-state index contributed by atoms with van der Waals surface area (Å²) in [4.78, 5) is 35.9. The number of carbonyl (C=O) groups is 3. The third kappa shape index (κ3) is 5.19. The van der Waals surface area contributed by atoms with E-state index < -0.39 is 12.0 Å². The molecule has 1 aliphatic carbocycles. The molecule has 114 valence electrons. The van der Waals surface area contributed by atoms with Gasteiger partial charge in [0.25, 0.3) is 0 Å². The molecular weight excluding hydrogens is 260 g/mol. The van der Waals surface area contributed by atoms with E-state index in [4.69, 9.17) is 5.11 Å². The second kappa shape index (κ2) is 7.87. The summed E-state index contributed by atoms with van der Waals surface area (Å²) >= 11 is 0. The monoisotopic (exact) mass is 284 g/mol. The van der Waals surface area contributed by atoms with E-state index in [1.54, 1.807) is 14.0 Å². The maximum Gasteiger partial charge on any atom is 0.303 e. The molecule has 0 aromatic carbocycles. The fraction of sp³-hybridized carbons (Fsp3) is 0.786. The summed E-state index contributed by atoms with van der Waals surface area (Å²) in [5.74, 6) is -1.04. The Labute approximate surface area is 119 Å². The number of carboxylic acids is 1. The maximum absolute atomic E-state index is 12.0. The van der Waals surface area contributed by atoms with Gasteiger partial charge in [0.15, 0.2) is 0 Å². The van der Waals surface area contributed by atoms with Crippen molar-refractivity contribution < 1.29 is 19.5 Å². The highest BCUT2D eigenvalue weighted by atomic mass is 16.4. The quantitative estimate of drug-likeness (QED) is 0.730. The molecule has 0 spiro atoms. The van der Waals surface area contributed by atoms with Gasteiger partial charge in [-0.3, -0.25) is 14.4 Å². The lowest BCUT2D eigenvalue weighted by atomic mass is 10.1. The second-order valence-electron chi connectivity index (χ2n) is 5.47. The number of hydrogen-bond acceptors (Lipinski definition) is 3. The van der Waals surface area contributed by atoms with Crippen LogP contribution >= 0.6 is 0 Å². The zero-order chi connectivity index (χ0) is 15.1. The molecule has 1 aliphatic rings. The van der Waals surface area contributed by atoms with Gasteiger partial charge in [-0.05, 0) is 26.2 Å². The van der Waals surface area contributed by atoms with Crippen LogP contribution in [0.25, 0.3) is 0 Å². The summed E-state index contributed by atoms with van der Waals surface area (Å²) in [6, 6.07) is -0.557. The van der Waals surface area contributed by atoms with Crippen LogP contribution in [0.4, 0.5) is 0 Å². The first kappa shape index (κ1) is 16.5. The van der Waals surface area contributed by atoms with Crippen molar-refractivity contribution in [3.63, 3.8) is 0 Å².